The lowest BCUT2D eigenvalue weighted by Crippen LogP contribution is -2.38. The molecule has 17 heavy (non-hydrogen) atoms. The van der Waals surface area contributed by atoms with Gasteiger partial charge in [-0.3, -0.25) is 4.79 Å². The Balaban J connectivity index is 2.31. The van der Waals surface area contributed by atoms with E-state index < -0.39 is 5.60 Å². The summed E-state index contributed by atoms with van der Waals surface area (Å²) < 4.78 is 6.24. The number of hydrogen-bond acceptors (Lipinski definition) is 3. The maximum absolute atomic E-state index is 11.5. The van der Waals surface area contributed by atoms with Crippen molar-refractivity contribution in [2.24, 2.45) is 0 Å². The molecule has 3 heteroatoms. The molecule has 0 saturated carbocycles. The Morgan fingerprint density at radius 2 is 1.88 bits per heavy atom. The highest BCUT2D eigenvalue weighted by Gasteiger charge is 2.49. The fourth-order valence-electron chi connectivity index (χ4n) is 2.94. The number of aliphatic hydroxyl groups excluding tert-OH is 1. The van der Waals surface area contributed by atoms with Gasteiger partial charge in [-0.1, -0.05) is 0 Å². The lowest BCUT2D eigenvalue weighted by molar-refractivity contribution is -0.111. The van der Waals surface area contributed by atoms with Crippen LogP contribution in [0.2, 0.25) is 0 Å². The second-order valence-electron chi connectivity index (χ2n) is 5.41. The third kappa shape index (κ3) is 1.98. The molecule has 3 nitrogen and oxygen atoms in total. The zero-order valence-corrected chi connectivity index (χ0v) is 10.7. The first-order valence-electron chi connectivity index (χ1n) is 6.14. The van der Waals surface area contributed by atoms with Crippen molar-refractivity contribution < 1.29 is 14.6 Å². The number of carbonyl (C=O) groups is 1. The van der Waals surface area contributed by atoms with Crippen LogP contribution >= 0.6 is 0 Å². The lowest BCUT2D eigenvalue weighted by Gasteiger charge is -2.36. The van der Waals surface area contributed by atoms with Crippen LogP contribution in [0.5, 0.6) is 0 Å². The van der Waals surface area contributed by atoms with E-state index in [9.17, 15) is 4.79 Å². The molecule has 0 aromatic heterocycles. The molecule has 0 radical (unpaired) electrons. The van der Waals surface area contributed by atoms with E-state index in [-0.39, 0.29) is 18.0 Å². The third-order valence-electron chi connectivity index (χ3n) is 4.06. The SMILES string of the molecule is CC1=CC(=O)C=C(C)C12CCC(C)(CCO)O2. The summed E-state index contributed by atoms with van der Waals surface area (Å²) in [4.78, 5) is 11.5. The molecule has 0 aromatic rings. The summed E-state index contributed by atoms with van der Waals surface area (Å²) in [6.07, 6.45) is 5.78. The zero-order chi connectivity index (χ0) is 12.7. The van der Waals surface area contributed by atoms with E-state index in [0.29, 0.717) is 6.42 Å². The van der Waals surface area contributed by atoms with E-state index in [1.165, 1.54) is 0 Å². The zero-order valence-electron chi connectivity index (χ0n) is 10.7. The van der Waals surface area contributed by atoms with Crippen molar-refractivity contribution in [3.63, 3.8) is 0 Å². The molecule has 1 spiro atoms. The number of carbonyl (C=O) groups excluding carboxylic acids is 1. The molecule has 0 aromatic carbocycles. The van der Waals surface area contributed by atoms with Crippen LogP contribution in [0, 0.1) is 0 Å². The second kappa shape index (κ2) is 4.07. The predicted octanol–water partition coefficient (Wildman–Crippen LogP) is 2.15. The van der Waals surface area contributed by atoms with E-state index >= 15 is 0 Å². The van der Waals surface area contributed by atoms with Crippen LogP contribution in [0.1, 0.15) is 40.0 Å². The van der Waals surface area contributed by atoms with Crippen LogP contribution in [0.3, 0.4) is 0 Å². The molecule has 1 N–H and O–H groups in total. The van der Waals surface area contributed by atoms with Gasteiger partial charge in [0.25, 0.3) is 0 Å². The van der Waals surface area contributed by atoms with Crippen LogP contribution in [-0.4, -0.2) is 28.7 Å². The van der Waals surface area contributed by atoms with Gasteiger partial charge in [0.2, 0.25) is 0 Å². The first-order chi connectivity index (χ1) is 7.92. The summed E-state index contributed by atoms with van der Waals surface area (Å²) in [5, 5.41) is 9.09. The molecule has 0 bridgehead atoms. The minimum Gasteiger partial charge on any atom is -0.396 e. The topological polar surface area (TPSA) is 46.5 Å². The summed E-state index contributed by atoms with van der Waals surface area (Å²) in [6, 6.07) is 0. The number of hydrogen-bond donors (Lipinski definition) is 1. The van der Waals surface area contributed by atoms with Crippen LogP contribution in [0.4, 0.5) is 0 Å². The van der Waals surface area contributed by atoms with Crippen molar-refractivity contribution in [2.75, 3.05) is 6.61 Å². The average Bonchev–Trinajstić information content (AvgIpc) is 2.56. The van der Waals surface area contributed by atoms with Gasteiger partial charge < -0.3 is 9.84 Å². The number of allylic oxidation sites excluding steroid dienone is 2. The molecule has 94 valence electrons. The fourth-order valence-corrected chi connectivity index (χ4v) is 2.94. The Morgan fingerprint density at radius 1 is 1.29 bits per heavy atom. The van der Waals surface area contributed by atoms with Crippen molar-refractivity contribution in [2.45, 2.75) is 51.2 Å². The van der Waals surface area contributed by atoms with Gasteiger partial charge in [-0.2, -0.15) is 0 Å². The number of rotatable bonds is 2. The lowest BCUT2D eigenvalue weighted by atomic mass is 9.80. The Bertz CT molecular complexity index is 384. The van der Waals surface area contributed by atoms with Gasteiger partial charge >= 0.3 is 0 Å². The highest BCUT2D eigenvalue weighted by atomic mass is 16.5. The van der Waals surface area contributed by atoms with Gasteiger partial charge in [-0.15, -0.1) is 0 Å². The molecular formula is C14H20O3. The number of aliphatic hydroxyl groups is 1. The van der Waals surface area contributed by atoms with E-state index in [0.717, 1.165) is 24.0 Å². The third-order valence-corrected chi connectivity index (χ3v) is 4.06. The molecule has 1 aliphatic carbocycles. The maximum atomic E-state index is 11.5. The highest BCUT2D eigenvalue weighted by Crippen LogP contribution is 2.48. The largest absolute Gasteiger partial charge is 0.396 e. The van der Waals surface area contributed by atoms with Gasteiger partial charge in [-0.05, 0) is 63.3 Å². The molecule has 0 amide bonds. The standard InChI is InChI=1S/C14H20O3/c1-10-8-12(16)9-11(2)14(10)5-4-13(3,17-14)6-7-15/h8-9,15H,4-7H2,1-3H3. The first kappa shape index (κ1) is 12.5. The van der Waals surface area contributed by atoms with Gasteiger partial charge in [0.15, 0.2) is 5.78 Å². The molecule has 1 fully saturated rings. The predicted molar refractivity (Wildman–Crippen MR) is 65.7 cm³/mol. The molecule has 2 aliphatic rings. The molecule has 1 aliphatic heterocycles. The Hall–Kier alpha value is -0.930. The highest BCUT2D eigenvalue weighted by molar-refractivity contribution is 6.02. The summed E-state index contributed by atoms with van der Waals surface area (Å²) in [5.74, 6) is 0.0463. The summed E-state index contributed by atoms with van der Waals surface area (Å²) in [6.45, 7) is 6.09. The monoisotopic (exact) mass is 236 g/mol. The second-order valence-corrected chi connectivity index (χ2v) is 5.41. The molecule has 1 saturated heterocycles. The van der Waals surface area contributed by atoms with Crippen LogP contribution in [-0.2, 0) is 9.53 Å². The van der Waals surface area contributed by atoms with E-state index in [1.54, 1.807) is 12.2 Å². The van der Waals surface area contributed by atoms with Crippen molar-refractivity contribution in [1.29, 1.82) is 0 Å². The summed E-state index contributed by atoms with van der Waals surface area (Å²) in [5.41, 5.74) is 1.30. The van der Waals surface area contributed by atoms with Crippen molar-refractivity contribution in [1.82, 2.24) is 0 Å². The van der Waals surface area contributed by atoms with E-state index in [4.69, 9.17) is 9.84 Å². The van der Waals surface area contributed by atoms with Crippen LogP contribution in [0.25, 0.3) is 0 Å². The van der Waals surface area contributed by atoms with Crippen LogP contribution < -0.4 is 0 Å². The van der Waals surface area contributed by atoms with Crippen molar-refractivity contribution >= 4 is 5.78 Å². The molecule has 2 rings (SSSR count). The van der Waals surface area contributed by atoms with Crippen molar-refractivity contribution in [3.8, 4) is 0 Å². The number of ether oxygens (including phenoxy) is 1. The normalized spacial score (nSPS) is 31.6. The van der Waals surface area contributed by atoms with Gasteiger partial charge in [0, 0.05) is 6.61 Å². The van der Waals surface area contributed by atoms with Gasteiger partial charge in [0.1, 0.15) is 5.60 Å². The molecule has 1 heterocycles. The maximum Gasteiger partial charge on any atom is 0.178 e. The summed E-state index contributed by atoms with van der Waals surface area (Å²) >= 11 is 0. The summed E-state index contributed by atoms with van der Waals surface area (Å²) in [7, 11) is 0. The molecule has 1 unspecified atom stereocenters. The van der Waals surface area contributed by atoms with E-state index in [2.05, 4.69) is 0 Å². The van der Waals surface area contributed by atoms with Gasteiger partial charge in [-0.25, -0.2) is 0 Å². The molecule has 1 atom stereocenters. The Morgan fingerprint density at radius 3 is 2.41 bits per heavy atom. The quantitative estimate of drug-likeness (QED) is 0.799. The molecular weight excluding hydrogens is 216 g/mol. The Kier molecular flexibility index (Phi) is 3.00. The minimum atomic E-state index is -0.405. The fraction of sp³-hybridized carbons (Fsp3) is 0.643. The Labute approximate surface area is 102 Å². The number of ketones is 1. The first-order valence-corrected chi connectivity index (χ1v) is 6.14. The van der Waals surface area contributed by atoms with Crippen LogP contribution in [0.15, 0.2) is 23.3 Å². The van der Waals surface area contributed by atoms with Gasteiger partial charge in [0.05, 0.1) is 5.60 Å². The van der Waals surface area contributed by atoms with E-state index in [1.807, 2.05) is 20.8 Å². The minimum absolute atomic E-state index is 0.0463. The smallest absolute Gasteiger partial charge is 0.178 e. The van der Waals surface area contributed by atoms with Crippen molar-refractivity contribution in [3.05, 3.63) is 23.3 Å². The average molecular weight is 236 g/mol.